The van der Waals surface area contributed by atoms with Crippen LogP contribution in [-0.2, 0) is 19.3 Å². The van der Waals surface area contributed by atoms with E-state index in [2.05, 4.69) is 100 Å². The van der Waals surface area contributed by atoms with Gasteiger partial charge < -0.3 is 13.6 Å². The van der Waals surface area contributed by atoms with Crippen molar-refractivity contribution in [3.05, 3.63) is 69.0 Å². The molecule has 1 fully saturated rings. The summed E-state index contributed by atoms with van der Waals surface area (Å²) >= 11 is 3.88. The molecule has 0 amide bonds. The van der Waals surface area contributed by atoms with Gasteiger partial charge in [-0.05, 0) is 54.3 Å². The van der Waals surface area contributed by atoms with Crippen LogP contribution in [0.5, 0.6) is 0 Å². The third kappa shape index (κ3) is 6.77. The van der Waals surface area contributed by atoms with Crippen LogP contribution in [0.4, 0.5) is 0 Å². The van der Waals surface area contributed by atoms with E-state index in [1.165, 1.54) is 16.8 Å². The lowest BCUT2D eigenvalue weighted by atomic mass is 10.1. The summed E-state index contributed by atoms with van der Waals surface area (Å²) in [5.74, 6) is 6.46. The maximum atomic E-state index is 13.2. The highest BCUT2D eigenvalue weighted by molar-refractivity contribution is 9.09. The van der Waals surface area contributed by atoms with Gasteiger partial charge in [0.05, 0.1) is 12.7 Å². The number of nitrogens with zero attached hydrogens (tertiary/aromatic N) is 1. The lowest BCUT2D eigenvalue weighted by Gasteiger charge is -2.41. The molecule has 0 radical (unpaired) electrons. The van der Waals surface area contributed by atoms with Gasteiger partial charge in [0.25, 0.3) is 5.56 Å². The maximum absolute atomic E-state index is 13.2. The summed E-state index contributed by atoms with van der Waals surface area (Å²) in [4.78, 5) is 27.0. The van der Waals surface area contributed by atoms with Crippen molar-refractivity contribution in [2.24, 2.45) is 0 Å². The average molecular weight is 636 g/mol. The number of ether oxygens (including phenoxy) is 1. The largest absolute Gasteiger partial charge is 0.414 e. The van der Waals surface area contributed by atoms with Crippen molar-refractivity contribution in [1.29, 1.82) is 0 Å². The van der Waals surface area contributed by atoms with Crippen LogP contribution in [-0.4, -0.2) is 49.8 Å². The topological polar surface area (TPSA) is 82.5 Å². The van der Waals surface area contributed by atoms with Crippen molar-refractivity contribution in [3.63, 3.8) is 0 Å². The minimum atomic E-state index is -2.29. The quantitative estimate of drug-likeness (QED) is 0.246. The Morgan fingerprint density at radius 3 is 2.13 bits per heavy atom. The highest BCUT2D eigenvalue weighted by Crippen LogP contribution is 2.46. The van der Waals surface area contributed by atoms with E-state index < -0.39 is 50.6 Å². The van der Waals surface area contributed by atoms with Gasteiger partial charge in [-0.1, -0.05) is 81.6 Å². The van der Waals surface area contributed by atoms with E-state index >= 15 is 0 Å². The van der Waals surface area contributed by atoms with Crippen molar-refractivity contribution in [1.82, 2.24) is 9.55 Å². The highest BCUT2D eigenvalue weighted by atomic mass is 79.9. The summed E-state index contributed by atoms with van der Waals surface area (Å²) in [6.45, 7) is 22.2. The van der Waals surface area contributed by atoms with E-state index in [4.69, 9.17) is 13.6 Å². The first kappa shape index (κ1) is 31.8. The maximum Gasteiger partial charge on any atom is 0.331 e. The van der Waals surface area contributed by atoms with E-state index in [1.54, 1.807) is 0 Å². The Bertz CT molecular complexity index is 1330. The zero-order valence-corrected chi connectivity index (χ0v) is 28.4. The fraction of sp³-hybridized carbons (Fsp3) is 0.586. The van der Waals surface area contributed by atoms with Crippen molar-refractivity contribution in [3.8, 4) is 11.8 Å². The molecule has 2 aromatic rings. The smallest absolute Gasteiger partial charge is 0.331 e. The number of benzene rings is 1. The Morgan fingerprint density at radius 1 is 1.00 bits per heavy atom. The van der Waals surface area contributed by atoms with Gasteiger partial charge in [-0.2, -0.15) is 0 Å². The Hall–Kier alpha value is -1.75. The molecule has 3 rings (SSSR count). The van der Waals surface area contributed by atoms with Gasteiger partial charge in [0.2, 0.25) is 5.72 Å². The number of nitrogens with one attached hydrogen (secondary N) is 1. The predicted octanol–water partition coefficient (Wildman–Crippen LogP) is 5.82. The Kier molecular flexibility index (Phi) is 9.18. The molecular weight excluding hydrogens is 592 g/mol. The molecule has 39 heavy (non-hydrogen) atoms. The normalized spacial score (nSPS) is 24.3. The van der Waals surface area contributed by atoms with Crippen molar-refractivity contribution >= 4 is 32.6 Å². The van der Waals surface area contributed by atoms with Crippen molar-refractivity contribution in [2.75, 3.05) is 6.61 Å². The first-order valence-electron chi connectivity index (χ1n) is 13.4. The average Bonchev–Trinajstić information content (AvgIpc) is 3.07. The monoisotopic (exact) mass is 634 g/mol. The summed E-state index contributed by atoms with van der Waals surface area (Å²) in [6, 6.07) is 10.8. The molecule has 0 unspecified atom stereocenters. The number of hydrogen-bond acceptors (Lipinski definition) is 5. The molecule has 10 heteroatoms. The van der Waals surface area contributed by atoms with Gasteiger partial charge in [0, 0.05) is 17.8 Å². The van der Waals surface area contributed by atoms with Crippen molar-refractivity contribution in [2.45, 2.75) is 101 Å². The molecule has 1 aliphatic rings. The number of alkyl halides is 1. The minimum Gasteiger partial charge on any atom is -0.414 e. The Labute approximate surface area is 243 Å². The molecule has 1 aromatic heterocycles. The zero-order valence-electron chi connectivity index (χ0n) is 24.8. The third-order valence-electron chi connectivity index (χ3n) is 8.35. The van der Waals surface area contributed by atoms with Crippen LogP contribution in [0.1, 0.15) is 47.1 Å². The van der Waals surface area contributed by atoms with E-state index in [-0.39, 0.29) is 10.1 Å². The van der Waals surface area contributed by atoms with Gasteiger partial charge in [-0.25, -0.2) is 4.79 Å². The van der Waals surface area contributed by atoms with Crippen LogP contribution in [0, 0.1) is 11.8 Å². The molecule has 1 N–H and O–H groups in total. The number of aromatic amines is 1. The van der Waals surface area contributed by atoms with Gasteiger partial charge in [0.1, 0.15) is 10.9 Å². The molecule has 0 spiro atoms. The summed E-state index contributed by atoms with van der Waals surface area (Å²) < 4.78 is 21.8. The number of hydrogen-bond donors (Lipinski definition) is 1. The van der Waals surface area contributed by atoms with Crippen molar-refractivity contribution < 1.29 is 13.6 Å². The Morgan fingerprint density at radius 2 is 1.59 bits per heavy atom. The van der Waals surface area contributed by atoms with Crippen LogP contribution in [0.3, 0.4) is 0 Å². The van der Waals surface area contributed by atoms with E-state index in [9.17, 15) is 9.59 Å². The standard InChI is InChI=1S/C29H43BrN2O5Si2/c1-27(2,3)38(7,8)35-20-22-24(37-39(9,10)28(4,5)6)25(30)29(36-22,18-16-21-14-12-11-13-15-21)32-19-17-23(33)31-26(32)34/h11-15,17,19,22,24-25H,20H2,1-10H3,(H,31,33,34)/t22-,24-,25+,29-/m1/s1. The molecule has 1 saturated heterocycles. The van der Waals surface area contributed by atoms with Gasteiger partial charge in [0.15, 0.2) is 16.6 Å². The lowest BCUT2D eigenvalue weighted by Crippen LogP contribution is -2.52. The van der Waals surface area contributed by atoms with Crippen LogP contribution >= 0.6 is 15.9 Å². The second-order valence-corrected chi connectivity index (χ2v) is 23.8. The SMILES string of the molecule is CC(C)(C)[Si](C)(C)OC[C@H]1O[C@@](C#Cc2ccccc2)(n2ccc(=O)[nH]c2=O)[C@@H](Br)[C@@H]1O[Si](C)(C)C(C)(C)C. The molecule has 214 valence electrons. The minimum absolute atomic E-state index is 0.00918. The van der Waals surface area contributed by atoms with Gasteiger partial charge in [-0.3, -0.25) is 14.3 Å². The fourth-order valence-electron chi connectivity index (χ4n) is 3.77. The van der Waals surface area contributed by atoms with E-state index in [1.807, 2.05) is 30.3 Å². The summed E-state index contributed by atoms with van der Waals surface area (Å²) in [6.07, 6.45) is 0.469. The lowest BCUT2D eigenvalue weighted by molar-refractivity contribution is -0.0793. The van der Waals surface area contributed by atoms with E-state index in [0.717, 1.165) is 5.56 Å². The number of halogens is 1. The molecule has 1 aliphatic heterocycles. The van der Waals surface area contributed by atoms with Gasteiger partial charge >= 0.3 is 5.69 Å². The zero-order chi connectivity index (χ0) is 29.4. The molecular formula is C29H43BrN2O5Si2. The first-order valence-corrected chi connectivity index (χ1v) is 20.1. The first-order chi connectivity index (χ1) is 17.8. The van der Waals surface area contributed by atoms with E-state index in [0.29, 0.717) is 6.61 Å². The molecule has 7 nitrogen and oxygen atoms in total. The molecule has 2 heterocycles. The fourth-order valence-corrected chi connectivity index (χ4v) is 7.20. The van der Waals surface area contributed by atoms with Crippen LogP contribution in [0.15, 0.2) is 52.2 Å². The molecule has 4 atom stereocenters. The van der Waals surface area contributed by atoms with Crippen LogP contribution < -0.4 is 11.2 Å². The van der Waals surface area contributed by atoms with Crippen LogP contribution in [0.2, 0.25) is 36.3 Å². The van der Waals surface area contributed by atoms with Crippen LogP contribution in [0.25, 0.3) is 0 Å². The second-order valence-electron chi connectivity index (χ2n) is 13.3. The summed E-state index contributed by atoms with van der Waals surface area (Å²) in [5.41, 5.74) is -1.77. The molecule has 0 saturated carbocycles. The summed E-state index contributed by atoms with van der Waals surface area (Å²) in [5, 5.41) is -0.0460. The van der Waals surface area contributed by atoms with Gasteiger partial charge in [-0.15, -0.1) is 0 Å². The highest BCUT2D eigenvalue weighted by Gasteiger charge is 2.58. The number of rotatable bonds is 6. The summed E-state index contributed by atoms with van der Waals surface area (Å²) in [7, 11) is -4.41. The number of H-pyrrole nitrogens is 1. The predicted molar refractivity (Wildman–Crippen MR) is 165 cm³/mol. The number of aromatic nitrogens is 2. The molecule has 1 aromatic carbocycles. The third-order valence-corrected chi connectivity index (χ3v) is 18.5. The Balaban J connectivity index is 2.18. The molecule has 0 aliphatic carbocycles. The second kappa shape index (κ2) is 11.3. The molecule has 0 bridgehead atoms.